The molecule has 2 unspecified atom stereocenters. The second-order valence-corrected chi connectivity index (χ2v) is 6.21. The van der Waals surface area contributed by atoms with Crippen molar-refractivity contribution in [1.29, 1.82) is 0 Å². The first-order valence-corrected chi connectivity index (χ1v) is 8.35. The molecule has 0 fully saturated rings. The Morgan fingerprint density at radius 3 is 2.27 bits per heavy atom. The Labute approximate surface area is 153 Å². The summed E-state index contributed by atoms with van der Waals surface area (Å²) in [6, 6.07) is 15.8. The van der Waals surface area contributed by atoms with Gasteiger partial charge in [-0.05, 0) is 36.9 Å². The number of carboxylic acid groups (broad SMARTS) is 1. The predicted octanol–water partition coefficient (Wildman–Crippen LogP) is 3.03. The number of amides is 1. The van der Waals surface area contributed by atoms with Gasteiger partial charge in [0.2, 0.25) is 5.91 Å². The smallest absolute Gasteiger partial charge is 0.307 e. The van der Waals surface area contributed by atoms with Gasteiger partial charge in [0.25, 0.3) is 0 Å². The minimum Gasteiger partial charge on any atom is -0.497 e. The Morgan fingerprint density at radius 1 is 1.12 bits per heavy atom. The van der Waals surface area contributed by atoms with Crippen LogP contribution in [0.1, 0.15) is 18.5 Å². The first-order chi connectivity index (χ1) is 12.4. The van der Waals surface area contributed by atoms with Crippen molar-refractivity contribution in [1.82, 2.24) is 4.90 Å². The summed E-state index contributed by atoms with van der Waals surface area (Å²) in [6.45, 7) is 1.88. The van der Waals surface area contributed by atoms with E-state index in [1.807, 2.05) is 30.3 Å². The topological polar surface area (TPSA) is 78.9 Å². The van der Waals surface area contributed by atoms with Gasteiger partial charge in [-0.1, -0.05) is 37.3 Å². The van der Waals surface area contributed by atoms with Crippen LogP contribution in [0.25, 0.3) is 0 Å². The highest BCUT2D eigenvalue weighted by molar-refractivity contribution is 5.95. The highest BCUT2D eigenvalue weighted by Crippen LogP contribution is 2.23. The van der Waals surface area contributed by atoms with Crippen LogP contribution < -0.4 is 10.1 Å². The van der Waals surface area contributed by atoms with E-state index >= 15 is 0 Å². The molecule has 0 spiro atoms. The SMILES string of the molecule is COc1ccc(NC(=O)C(c2ccccc2)N(C)CC(C)C(=O)O)cc1. The van der Waals surface area contributed by atoms with Crippen molar-refractivity contribution in [3.05, 3.63) is 60.2 Å². The van der Waals surface area contributed by atoms with Gasteiger partial charge in [-0.2, -0.15) is 0 Å². The van der Waals surface area contributed by atoms with Crippen LogP contribution in [0, 0.1) is 5.92 Å². The largest absolute Gasteiger partial charge is 0.497 e. The summed E-state index contributed by atoms with van der Waals surface area (Å²) in [6.07, 6.45) is 0. The Morgan fingerprint density at radius 2 is 1.73 bits per heavy atom. The fourth-order valence-corrected chi connectivity index (χ4v) is 2.74. The van der Waals surface area contributed by atoms with Gasteiger partial charge in [-0.3, -0.25) is 14.5 Å². The van der Waals surface area contributed by atoms with E-state index in [9.17, 15) is 9.59 Å². The third kappa shape index (κ3) is 5.07. The van der Waals surface area contributed by atoms with Crippen LogP contribution in [0.2, 0.25) is 0 Å². The first kappa shape index (κ1) is 19.5. The summed E-state index contributed by atoms with van der Waals surface area (Å²) in [5.41, 5.74) is 1.45. The molecule has 0 heterocycles. The molecule has 138 valence electrons. The Hall–Kier alpha value is -2.86. The van der Waals surface area contributed by atoms with Gasteiger partial charge in [-0.15, -0.1) is 0 Å². The number of carboxylic acids is 1. The van der Waals surface area contributed by atoms with Crippen molar-refractivity contribution in [2.75, 3.05) is 26.0 Å². The molecule has 2 aromatic carbocycles. The molecule has 2 N–H and O–H groups in total. The second-order valence-electron chi connectivity index (χ2n) is 6.21. The average molecular weight is 356 g/mol. The van der Waals surface area contributed by atoms with Gasteiger partial charge in [-0.25, -0.2) is 0 Å². The minimum atomic E-state index is -0.890. The molecule has 26 heavy (non-hydrogen) atoms. The molecule has 0 aliphatic heterocycles. The number of hydrogen-bond donors (Lipinski definition) is 2. The number of benzene rings is 2. The Balaban J connectivity index is 2.21. The van der Waals surface area contributed by atoms with Crippen molar-refractivity contribution in [2.24, 2.45) is 5.92 Å². The molecule has 0 saturated carbocycles. The number of rotatable bonds is 8. The molecule has 0 bridgehead atoms. The maximum Gasteiger partial charge on any atom is 0.307 e. The fraction of sp³-hybridized carbons (Fsp3) is 0.300. The van der Waals surface area contributed by atoms with E-state index in [4.69, 9.17) is 9.84 Å². The molecule has 0 aliphatic carbocycles. The Bertz CT molecular complexity index is 731. The number of likely N-dealkylation sites (N-methyl/N-ethyl adjacent to an activating group) is 1. The third-order valence-corrected chi connectivity index (χ3v) is 4.15. The molecule has 1 amide bonds. The predicted molar refractivity (Wildman–Crippen MR) is 100 cm³/mol. The molecule has 0 aliphatic rings. The zero-order chi connectivity index (χ0) is 19.1. The van der Waals surface area contributed by atoms with E-state index in [0.717, 1.165) is 5.56 Å². The summed E-state index contributed by atoms with van der Waals surface area (Å²) in [4.78, 5) is 25.9. The number of aliphatic carboxylic acids is 1. The molecule has 0 aromatic heterocycles. The maximum atomic E-state index is 12.9. The molecule has 0 saturated heterocycles. The van der Waals surface area contributed by atoms with E-state index in [2.05, 4.69) is 5.32 Å². The van der Waals surface area contributed by atoms with Gasteiger partial charge < -0.3 is 15.2 Å². The van der Waals surface area contributed by atoms with Gasteiger partial charge in [0.05, 0.1) is 13.0 Å². The van der Waals surface area contributed by atoms with Crippen LogP contribution >= 0.6 is 0 Å². The lowest BCUT2D eigenvalue weighted by atomic mass is 10.0. The van der Waals surface area contributed by atoms with Crippen molar-refractivity contribution in [2.45, 2.75) is 13.0 Å². The van der Waals surface area contributed by atoms with E-state index < -0.39 is 17.9 Å². The van der Waals surface area contributed by atoms with Crippen LogP contribution in [-0.2, 0) is 9.59 Å². The molecular formula is C20H24N2O4. The highest BCUT2D eigenvalue weighted by Gasteiger charge is 2.27. The van der Waals surface area contributed by atoms with Crippen molar-refractivity contribution >= 4 is 17.6 Å². The lowest BCUT2D eigenvalue weighted by Gasteiger charge is -2.28. The minimum absolute atomic E-state index is 0.221. The number of carbonyl (C=O) groups excluding carboxylic acids is 1. The molecule has 2 atom stereocenters. The first-order valence-electron chi connectivity index (χ1n) is 8.35. The lowest BCUT2D eigenvalue weighted by molar-refractivity contribution is -0.142. The van der Waals surface area contributed by atoms with E-state index in [0.29, 0.717) is 11.4 Å². The number of methoxy groups -OCH3 is 1. The molecule has 0 radical (unpaired) electrons. The highest BCUT2D eigenvalue weighted by atomic mass is 16.5. The van der Waals surface area contributed by atoms with Gasteiger partial charge in [0.15, 0.2) is 0 Å². The normalized spacial score (nSPS) is 13.1. The van der Waals surface area contributed by atoms with E-state index in [-0.39, 0.29) is 12.5 Å². The molecule has 2 aromatic rings. The number of anilines is 1. The molecule has 2 rings (SSSR count). The molecular weight excluding hydrogens is 332 g/mol. The summed E-state index contributed by atoms with van der Waals surface area (Å²) in [5, 5.41) is 12.1. The van der Waals surface area contributed by atoms with Crippen LogP contribution in [0.3, 0.4) is 0 Å². The molecule has 6 heteroatoms. The standard InChI is InChI=1S/C20H24N2O4/c1-14(20(24)25)13-22(2)18(15-7-5-4-6-8-15)19(23)21-16-9-11-17(26-3)12-10-16/h4-12,14,18H,13H2,1-3H3,(H,21,23)(H,24,25). The zero-order valence-electron chi connectivity index (χ0n) is 15.2. The number of hydrogen-bond acceptors (Lipinski definition) is 4. The van der Waals surface area contributed by atoms with Crippen molar-refractivity contribution < 1.29 is 19.4 Å². The fourth-order valence-electron chi connectivity index (χ4n) is 2.74. The zero-order valence-corrected chi connectivity index (χ0v) is 15.2. The van der Waals surface area contributed by atoms with E-state index in [1.165, 1.54) is 0 Å². The van der Waals surface area contributed by atoms with Crippen molar-refractivity contribution in [3.63, 3.8) is 0 Å². The average Bonchev–Trinajstić information content (AvgIpc) is 2.63. The second kappa shape index (κ2) is 9.01. The Kier molecular flexibility index (Phi) is 6.74. The van der Waals surface area contributed by atoms with Gasteiger partial charge in [0.1, 0.15) is 11.8 Å². The summed E-state index contributed by atoms with van der Waals surface area (Å²) < 4.78 is 5.12. The number of nitrogens with one attached hydrogen (secondary N) is 1. The lowest BCUT2D eigenvalue weighted by Crippen LogP contribution is -2.38. The van der Waals surface area contributed by atoms with Crippen LogP contribution in [0.4, 0.5) is 5.69 Å². The van der Waals surface area contributed by atoms with Crippen molar-refractivity contribution in [3.8, 4) is 5.75 Å². The van der Waals surface area contributed by atoms with Crippen LogP contribution in [0.15, 0.2) is 54.6 Å². The quantitative estimate of drug-likeness (QED) is 0.760. The van der Waals surface area contributed by atoms with E-state index in [1.54, 1.807) is 50.2 Å². The maximum absolute atomic E-state index is 12.9. The van der Waals surface area contributed by atoms with Gasteiger partial charge >= 0.3 is 5.97 Å². The number of nitrogens with zero attached hydrogens (tertiary/aromatic N) is 1. The van der Waals surface area contributed by atoms with Crippen LogP contribution in [0.5, 0.6) is 5.75 Å². The summed E-state index contributed by atoms with van der Waals surface area (Å²) in [5.74, 6) is -0.990. The summed E-state index contributed by atoms with van der Waals surface area (Å²) in [7, 11) is 3.34. The number of ether oxygens (including phenoxy) is 1. The summed E-state index contributed by atoms with van der Waals surface area (Å²) >= 11 is 0. The van der Waals surface area contributed by atoms with Crippen LogP contribution in [-0.4, -0.2) is 42.6 Å². The number of carbonyl (C=O) groups is 2. The van der Waals surface area contributed by atoms with Gasteiger partial charge in [0, 0.05) is 12.2 Å². The third-order valence-electron chi connectivity index (χ3n) is 4.15. The molecule has 6 nitrogen and oxygen atoms in total. The monoisotopic (exact) mass is 356 g/mol.